The van der Waals surface area contributed by atoms with Crippen molar-refractivity contribution in [2.75, 3.05) is 0 Å². The van der Waals surface area contributed by atoms with E-state index in [4.69, 9.17) is 0 Å². The molecule has 3 atom stereocenters. The second kappa shape index (κ2) is 6.83. The third-order valence-electron chi connectivity index (χ3n) is 5.73. The minimum atomic E-state index is -0.987. The highest BCUT2D eigenvalue weighted by molar-refractivity contribution is 14.0. The van der Waals surface area contributed by atoms with Crippen molar-refractivity contribution in [3.05, 3.63) is 56.4 Å². The molecular formula is C19H24INOS2. The number of halogens is 1. The molecule has 130 valence electrons. The Kier molecular flexibility index (Phi) is 5.29. The highest BCUT2D eigenvalue weighted by atomic mass is 127. The van der Waals surface area contributed by atoms with Crippen LogP contribution in [0.25, 0.3) is 0 Å². The molecular weight excluding hydrogens is 449 g/mol. The van der Waals surface area contributed by atoms with Crippen molar-refractivity contribution in [3.8, 4) is 0 Å². The van der Waals surface area contributed by atoms with Gasteiger partial charge in [0.15, 0.2) is 5.60 Å². The summed E-state index contributed by atoms with van der Waals surface area (Å²) in [5.74, 6) is 0.452. The molecule has 2 bridgehead atoms. The molecule has 0 amide bonds. The van der Waals surface area contributed by atoms with Crippen LogP contribution in [0.4, 0.5) is 0 Å². The third-order valence-corrected chi connectivity index (χ3v) is 7.72. The molecule has 2 aliphatic rings. The van der Waals surface area contributed by atoms with E-state index in [1.807, 2.05) is 35.0 Å². The minimum Gasteiger partial charge on any atom is -0.375 e. The molecule has 4 heterocycles. The van der Waals surface area contributed by atoms with E-state index in [0.29, 0.717) is 12.0 Å². The highest BCUT2D eigenvalue weighted by Crippen LogP contribution is 2.46. The van der Waals surface area contributed by atoms with E-state index in [1.54, 1.807) is 22.7 Å². The number of nitrogens with one attached hydrogen (secondary N) is 1. The van der Waals surface area contributed by atoms with Crippen molar-refractivity contribution in [1.82, 2.24) is 5.32 Å². The normalized spacial score (nSPS) is 31.2. The van der Waals surface area contributed by atoms with Gasteiger partial charge in [-0.3, -0.25) is 0 Å². The lowest BCUT2D eigenvalue weighted by Crippen LogP contribution is -2.50. The highest BCUT2D eigenvalue weighted by Gasteiger charge is 2.46. The Morgan fingerprint density at radius 2 is 1.88 bits per heavy atom. The lowest BCUT2D eigenvalue weighted by atomic mass is 9.76. The molecule has 0 radical (unpaired) electrons. The Hall–Kier alpha value is -0.210. The van der Waals surface area contributed by atoms with Gasteiger partial charge in [-0.05, 0) is 61.1 Å². The Labute approximate surface area is 169 Å². The summed E-state index contributed by atoms with van der Waals surface area (Å²) >= 11 is 3.26. The van der Waals surface area contributed by atoms with Crippen LogP contribution in [0.3, 0.4) is 0 Å². The molecule has 3 unspecified atom stereocenters. The van der Waals surface area contributed by atoms with E-state index in [1.165, 1.54) is 18.4 Å². The average molecular weight is 473 g/mol. The maximum absolute atomic E-state index is 11.6. The summed E-state index contributed by atoms with van der Waals surface area (Å²) in [6.45, 7) is 4.64. The van der Waals surface area contributed by atoms with Crippen molar-refractivity contribution < 1.29 is 5.11 Å². The number of thiophene rings is 2. The van der Waals surface area contributed by atoms with Gasteiger partial charge in [-0.15, -0.1) is 46.7 Å². The molecule has 0 spiro atoms. The zero-order chi connectivity index (χ0) is 16.1. The summed E-state index contributed by atoms with van der Waals surface area (Å²) in [5, 5.41) is 19.5. The van der Waals surface area contributed by atoms with Gasteiger partial charge in [0.05, 0.1) is 0 Å². The fourth-order valence-corrected chi connectivity index (χ4v) is 5.84. The number of rotatable bonds is 3. The zero-order valence-electron chi connectivity index (χ0n) is 14.0. The van der Waals surface area contributed by atoms with Gasteiger partial charge in [-0.1, -0.05) is 24.6 Å². The molecule has 2 fully saturated rings. The fraction of sp³-hybridized carbons (Fsp3) is 0.474. The van der Waals surface area contributed by atoms with Crippen molar-refractivity contribution in [2.45, 2.75) is 50.3 Å². The van der Waals surface area contributed by atoms with Gasteiger partial charge in [0, 0.05) is 21.3 Å². The Balaban J connectivity index is 0.00000169. The Morgan fingerprint density at radius 3 is 2.42 bits per heavy atom. The molecule has 0 saturated carbocycles. The summed E-state index contributed by atoms with van der Waals surface area (Å²) in [5.41, 5.74) is 0.595. The summed E-state index contributed by atoms with van der Waals surface area (Å²) in [6, 6.07) is 8.70. The molecule has 0 aromatic carbocycles. The lowest BCUT2D eigenvalue weighted by Gasteiger charge is -2.40. The minimum absolute atomic E-state index is 0. The lowest BCUT2D eigenvalue weighted by molar-refractivity contribution is 0.138. The first-order valence-corrected chi connectivity index (χ1v) is 10.1. The van der Waals surface area contributed by atoms with Crippen LogP contribution in [0.1, 0.15) is 42.9 Å². The molecule has 0 aliphatic carbocycles. The SMILES string of the molecule is CC1C(=CC(O)(c2cccs2)c2cccs2)CC2CCC1(C)N2.I. The van der Waals surface area contributed by atoms with Crippen LogP contribution in [0.2, 0.25) is 0 Å². The van der Waals surface area contributed by atoms with Crippen molar-refractivity contribution in [3.63, 3.8) is 0 Å². The largest absolute Gasteiger partial charge is 0.375 e. The second-order valence-electron chi connectivity index (χ2n) is 7.16. The topological polar surface area (TPSA) is 32.3 Å². The molecule has 24 heavy (non-hydrogen) atoms. The van der Waals surface area contributed by atoms with E-state index < -0.39 is 5.60 Å². The predicted molar refractivity (Wildman–Crippen MR) is 113 cm³/mol. The summed E-state index contributed by atoms with van der Waals surface area (Å²) in [7, 11) is 0. The number of hydrogen-bond acceptors (Lipinski definition) is 4. The van der Waals surface area contributed by atoms with E-state index in [2.05, 4.69) is 25.2 Å². The second-order valence-corrected chi connectivity index (χ2v) is 9.06. The van der Waals surface area contributed by atoms with Crippen LogP contribution in [0.15, 0.2) is 46.7 Å². The van der Waals surface area contributed by atoms with Crippen LogP contribution in [-0.2, 0) is 5.60 Å². The van der Waals surface area contributed by atoms with Crippen molar-refractivity contribution in [1.29, 1.82) is 0 Å². The maximum Gasteiger partial charge on any atom is 0.152 e. The fourth-order valence-electron chi connectivity index (χ4n) is 4.16. The number of aliphatic hydroxyl groups is 1. The van der Waals surface area contributed by atoms with Crippen LogP contribution in [0.5, 0.6) is 0 Å². The first-order valence-electron chi connectivity index (χ1n) is 8.31. The molecule has 4 rings (SSSR count). The molecule has 2 aromatic heterocycles. The Morgan fingerprint density at radius 1 is 1.25 bits per heavy atom. The van der Waals surface area contributed by atoms with Gasteiger partial charge in [0.25, 0.3) is 0 Å². The van der Waals surface area contributed by atoms with Crippen LogP contribution in [0, 0.1) is 5.92 Å². The third kappa shape index (κ3) is 3.03. The van der Waals surface area contributed by atoms with Crippen LogP contribution < -0.4 is 5.32 Å². The summed E-state index contributed by atoms with van der Waals surface area (Å²) in [6.07, 6.45) is 5.68. The van der Waals surface area contributed by atoms with Gasteiger partial charge in [0.1, 0.15) is 0 Å². The van der Waals surface area contributed by atoms with Crippen molar-refractivity contribution >= 4 is 46.7 Å². The van der Waals surface area contributed by atoms with Gasteiger partial charge in [-0.2, -0.15) is 0 Å². The Bertz CT molecular complexity index is 676. The molecule has 2 saturated heterocycles. The predicted octanol–water partition coefficient (Wildman–Crippen LogP) is 5.14. The van der Waals surface area contributed by atoms with E-state index in [-0.39, 0.29) is 29.5 Å². The van der Waals surface area contributed by atoms with Crippen LogP contribution >= 0.6 is 46.7 Å². The summed E-state index contributed by atoms with van der Waals surface area (Å²) in [4.78, 5) is 2.02. The van der Waals surface area contributed by atoms with Gasteiger partial charge < -0.3 is 10.4 Å². The average Bonchev–Trinajstić information content (AvgIpc) is 3.27. The molecule has 2 aliphatic heterocycles. The standard InChI is InChI=1S/C19H23NOS2.HI/c1-13-14(11-15-7-8-18(13,2)20-15)12-19(21,16-5-3-9-22-16)17-6-4-10-23-17;/h3-6,9-10,12-13,15,20-21H,7-8,11H2,1-2H3;1H. The molecule has 2 aromatic rings. The first kappa shape index (κ1) is 18.6. The molecule has 5 heteroatoms. The van der Waals surface area contributed by atoms with E-state index >= 15 is 0 Å². The summed E-state index contributed by atoms with van der Waals surface area (Å²) < 4.78 is 0. The number of piperidine rings is 1. The zero-order valence-corrected chi connectivity index (χ0v) is 18.0. The maximum atomic E-state index is 11.6. The monoisotopic (exact) mass is 473 g/mol. The number of hydrogen-bond donors (Lipinski definition) is 2. The van der Waals surface area contributed by atoms with Gasteiger partial charge >= 0.3 is 0 Å². The molecule has 2 nitrogen and oxygen atoms in total. The smallest absolute Gasteiger partial charge is 0.152 e. The molecule has 2 N–H and O–H groups in total. The van der Waals surface area contributed by atoms with Crippen LogP contribution in [-0.4, -0.2) is 16.7 Å². The quantitative estimate of drug-likeness (QED) is 0.478. The van der Waals surface area contributed by atoms with E-state index in [0.717, 1.165) is 16.2 Å². The van der Waals surface area contributed by atoms with Gasteiger partial charge in [-0.25, -0.2) is 0 Å². The van der Waals surface area contributed by atoms with Gasteiger partial charge in [0.2, 0.25) is 0 Å². The first-order chi connectivity index (χ1) is 11.0. The van der Waals surface area contributed by atoms with E-state index in [9.17, 15) is 5.11 Å². The van der Waals surface area contributed by atoms with Crippen molar-refractivity contribution in [2.24, 2.45) is 5.92 Å². The number of fused-ring (bicyclic) bond motifs is 2.